The molecule has 1 fully saturated rings. The van der Waals surface area contributed by atoms with E-state index in [2.05, 4.69) is 22.5 Å². The number of nitrogens with one attached hydrogen (secondary N) is 2. The minimum absolute atomic E-state index is 0.137. The Labute approximate surface area is 124 Å². The number of carbonyl (C=O) groups excluding carboxylic acids is 2. The Morgan fingerprint density at radius 3 is 2.95 bits per heavy atom. The average molecular weight is 290 g/mol. The molecule has 0 aromatic carbocycles. The van der Waals surface area contributed by atoms with E-state index in [9.17, 15) is 9.59 Å². The lowest BCUT2D eigenvalue weighted by atomic mass is 9.98. The van der Waals surface area contributed by atoms with Crippen LogP contribution in [-0.2, 0) is 4.79 Å². The lowest BCUT2D eigenvalue weighted by molar-refractivity contribution is -0.133. The number of piperazine rings is 1. The predicted molar refractivity (Wildman–Crippen MR) is 81.1 cm³/mol. The number of hydrogen-bond acceptors (Lipinski definition) is 4. The SMILES string of the molecule is CCCNc1cccc(C(=O)N2CCNC(=O)C2(C)C)n1. The molecule has 1 saturated heterocycles. The van der Waals surface area contributed by atoms with Gasteiger partial charge in [-0.1, -0.05) is 13.0 Å². The molecule has 1 aromatic rings. The smallest absolute Gasteiger partial charge is 0.273 e. The summed E-state index contributed by atoms with van der Waals surface area (Å²) in [6, 6.07) is 5.32. The fraction of sp³-hybridized carbons (Fsp3) is 0.533. The van der Waals surface area contributed by atoms with E-state index >= 15 is 0 Å². The highest BCUT2D eigenvalue weighted by molar-refractivity contribution is 5.98. The summed E-state index contributed by atoms with van der Waals surface area (Å²) < 4.78 is 0. The van der Waals surface area contributed by atoms with Crippen molar-refractivity contribution in [3.63, 3.8) is 0 Å². The number of amides is 2. The zero-order valence-electron chi connectivity index (χ0n) is 12.8. The third-order valence-corrected chi connectivity index (χ3v) is 3.62. The molecular weight excluding hydrogens is 268 g/mol. The van der Waals surface area contributed by atoms with Gasteiger partial charge in [0.05, 0.1) is 0 Å². The van der Waals surface area contributed by atoms with Gasteiger partial charge >= 0.3 is 0 Å². The molecule has 0 radical (unpaired) electrons. The molecule has 0 unspecified atom stereocenters. The van der Waals surface area contributed by atoms with Crippen LogP contribution in [-0.4, -0.2) is 46.9 Å². The van der Waals surface area contributed by atoms with E-state index in [0.717, 1.165) is 13.0 Å². The summed E-state index contributed by atoms with van der Waals surface area (Å²) in [6.07, 6.45) is 0.985. The maximum absolute atomic E-state index is 12.6. The fourth-order valence-electron chi connectivity index (χ4n) is 2.30. The number of anilines is 1. The van der Waals surface area contributed by atoms with Crippen LogP contribution in [0.15, 0.2) is 18.2 Å². The van der Waals surface area contributed by atoms with Crippen LogP contribution in [0.4, 0.5) is 5.82 Å². The van der Waals surface area contributed by atoms with E-state index in [1.807, 2.05) is 6.07 Å². The highest BCUT2D eigenvalue weighted by Gasteiger charge is 2.41. The Morgan fingerprint density at radius 2 is 2.24 bits per heavy atom. The first-order chi connectivity index (χ1) is 9.96. The van der Waals surface area contributed by atoms with Crippen LogP contribution in [0.5, 0.6) is 0 Å². The molecule has 6 heteroatoms. The number of pyridine rings is 1. The molecule has 2 N–H and O–H groups in total. The molecular formula is C15H22N4O2. The normalized spacial score (nSPS) is 17.3. The Morgan fingerprint density at radius 1 is 1.48 bits per heavy atom. The van der Waals surface area contributed by atoms with E-state index in [-0.39, 0.29) is 11.8 Å². The number of rotatable bonds is 4. The minimum Gasteiger partial charge on any atom is -0.370 e. The Hall–Kier alpha value is -2.11. The zero-order valence-corrected chi connectivity index (χ0v) is 12.8. The second-order valence-electron chi connectivity index (χ2n) is 5.61. The lowest BCUT2D eigenvalue weighted by Crippen LogP contribution is -2.63. The maximum atomic E-state index is 12.6. The second-order valence-corrected chi connectivity index (χ2v) is 5.61. The molecule has 0 saturated carbocycles. The molecule has 1 aromatic heterocycles. The fourth-order valence-corrected chi connectivity index (χ4v) is 2.30. The first kappa shape index (κ1) is 15.3. The first-order valence-electron chi connectivity index (χ1n) is 7.28. The van der Waals surface area contributed by atoms with Crippen molar-refractivity contribution < 1.29 is 9.59 Å². The molecule has 0 atom stereocenters. The van der Waals surface area contributed by atoms with Crippen molar-refractivity contribution in [2.24, 2.45) is 0 Å². The van der Waals surface area contributed by atoms with Gasteiger partial charge in [-0.15, -0.1) is 0 Å². The number of nitrogens with zero attached hydrogens (tertiary/aromatic N) is 2. The van der Waals surface area contributed by atoms with Crippen LogP contribution < -0.4 is 10.6 Å². The second kappa shape index (κ2) is 6.11. The summed E-state index contributed by atoms with van der Waals surface area (Å²) in [5.74, 6) is 0.333. The van der Waals surface area contributed by atoms with Gasteiger partial charge in [0.15, 0.2) is 0 Å². The lowest BCUT2D eigenvalue weighted by Gasteiger charge is -2.40. The number of hydrogen-bond donors (Lipinski definition) is 2. The van der Waals surface area contributed by atoms with Gasteiger partial charge in [0.1, 0.15) is 17.1 Å². The third kappa shape index (κ3) is 3.15. The highest BCUT2D eigenvalue weighted by atomic mass is 16.2. The summed E-state index contributed by atoms with van der Waals surface area (Å²) in [4.78, 5) is 30.5. The Kier molecular flexibility index (Phi) is 4.45. The van der Waals surface area contributed by atoms with Crippen LogP contribution in [0.2, 0.25) is 0 Å². The Balaban J connectivity index is 2.21. The van der Waals surface area contributed by atoms with Crippen LogP contribution in [0.25, 0.3) is 0 Å². The molecule has 6 nitrogen and oxygen atoms in total. The zero-order chi connectivity index (χ0) is 15.5. The third-order valence-electron chi connectivity index (χ3n) is 3.62. The van der Waals surface area contributed by atoms with Gasteiger partial charge < -0.3 is 15.5 Å². The van der Waals surface area contributed by atoms with Gasteiger partial charge in [-0.05, 0) is 32.4 Å². The van der Waals surface area contributed by atoms with Gasteiger partial charge in [-0.3, -0.25) is 9.59 Å². The Bertz CT molecular complexity index is 542. The molecule has 2 amide bonds. The molecule has 1 aliphatic rings. The van der Waals surface area contributed by atoms with E-state index in [1.165, 1.54) is 0 Å². The van der Waals surface area contributed by atoms with Gasteiger partial charge in [0.25, 0.3) is 5.91 Å². The molecule has 0 spiro atoms. The molecule has 1 aliphatic heterocycles. The summed E-state index contributed by atoms with van der Waals surface area (Å²) in [5, 5.41) is 5.94. The van der Waals surface area contributed by atoms with Crippen LogP contribution >= 0.6 is 0 Å². The molecule has 0 aliphatic carbocycles. The van der Waals surface area contributed by atoms with Crippen molar-refractivity contribution in [3.05, 3.63) is 23.9 Å². The average Bonchev–Trinajstić information content (AvgIpc) is 2.47. The summed E-state index contributed by atoms with van der Waals surface area (Å²) in [6.45, 7) is 7.34. The van der Waals surface area contributed by atoms with Gasteiger partial charge in [-0.2, -0.15) is 0 Å². The molecule has 2 rings (SSSR count). The minimum atomic E-state index is -0.857. The standard InChI is InChI=1S/C15H22N4O2/c1-4-8-16-12-7-5-6-11(18-12)13(20)19-10-9-17-14(21)15(19,2)3/h5-7H,4,8-10H2,1-3H3,(H,16,18)(H,17,21). The highest BCUT2D eigenvalue weighted by Crippen LogP contribution is 2.20. The van der Waals surface area contributed by atoms with Crippen molar-refractivity contribution >= 4 is 17.6 Å². The van der Waals surface area contributed by atoms with E-state index in [1.54, 1.807) is 30.9 Å². The van der Waals surface area contributed by atoms with Gasteiger partial charge in [0.2, 0.25) is 5.91 Å². The van der Waals surface area contributed by atoms with Crippen LogP contribution in [0.1, 0.15) is 37.7 Å². The first-order valence-corrected chi connectivity index (χ1v) is 7.28. The largest absolute Gasteiger partial charge is 0.370 e. The quantitative estimate of drug-likeness (QED) is 0.875. The van der Waals surface area contributed by atoms with Crippen molar-refractivity contribution in [3.8, 4) is 0 Å². The summed E-state index contributed by atoms with van der Waals surface area (Å²) >= 11 is 0. The van der Waals surface area contributed by atoms with E-state index < -0.39 is 5.54 Å². The monoisotopic (exact) mass is 290 g/mol. The van der Waals surface area contributed by atoms with Gasteiger partial charge in [-0.25, -0.2) is 4.98 Å². The van der Waals surface area contributed by atoms with Crippen molar-refractivity contribution in [2.75, 3.05) is 25.0 Å². The van der Waals surface area contributed by atoms with Crippen molar-refractivity contribution in [2.45, 2.75) is 32.7 Å². The summed E-state index contributed by atoms with van der Waals surface area (Å²) in [7, 11) is 0. The predicted octanol–water partition coefficient (Wildman–Crippen LogP) is 1.25. The van der Waals surface area contributed by atoms with Crippen molar-refractivity contribution in [1.82, 2.24) is 15.2 Å². The topological polar surface area (TPSA) is 74.3 Å². The molecule has 2 heterocycles. The van der Waals surface area contributed by atoms with Crippen molar-refractivity contribution in [1.29, 1.82) is 0 Å². The molecule has 114 valence electrons. The van der Waals surface area contributed by atoms with Crippen LogP contribution in [0.3, 0.4) is 0 Å². The molecule has 0 bridgehead atoms. The van der Waals surface area contributed by atoms with Crippen LogP contribution in [0, 0.1) is 0 Å². The maximum Gasteiger partial charge on any atom is 0.273 e. The number of carbonyl (C=O) groups is 2. The summed E-state index contributed by atoms with van der Waals surface area (Å²) in [5.41, 5.74) is -0.497. The number of aromatic nitrogens is 1. The van der Waals surface area contributed by atoms with E-state index in [0.29, 0.717) is 24.6 Å². The van der Waals surface area contributed by atoms with Gasteiger partial charge in [0, 0.05) is 19.6 Å². The molecule has 21 heavy (non-hydrogen) atoms. The van der Waals surface area contributed by atoms with E-state index in [4.69, 9.17) is 0 Å².